The number of aromatic nitrogens is 2. The number of para-hydroxylation sites is 1. The molecule has 0 bridgehead atoms. The largest absolute Gasteiger partial charge is 0.336 e. The van der Waals surface area contributed by atoms with Crippen LogP contribution in [0.4, 0.5) is 10.5 Å². The lowest BCUT2D eigenvalue weighted by atomic mass is 10.2. The molecule has 1 aromatic heterocycles. The first-order valence-corrected chi connectivity index (χ1v) is 6.68. The summed E-state index contributed by atoms with van der Waals surface area (Å²) in [5, 5.41) is 10.0. The van der Waals surface area contributed by atoms with Gasteiger partial charge in [-0.2, -0.15) is 5.10 Å². The van der Waals surface area contributed by atoms with Crippen LogP contribution in [0.1, 0.15) is 17.0 Å². The number of nitrogens with one attached hydrogen (secondary N) is 2. The summed E-state index contributed by atoms with van der Waals surface area (Å²) >= 11 is 0. The molecule has 106 valence electrons. The summed E-state index contributed by atoms with van der Waals surface area (Å²) in [4.78, 5) is 11.8. The Hall–Kier alpha value is -2.30. The topological polar surface area (TPSA) is 59.0 Å². The van der Waals surface area contributed by atoms with Crippen LogP contribution in [-0.2, 0) is 6.54 Å². The van der Waals surface area contributed by atoms with Crippen molar-refractivity contribution in [3.8, 4) is 0 Å². The van der Waals surface area contributed by atoms with Crippen LogP contribution < -0.4 is 10.6 Å². The van der Waals surface area contributed by atoms with Gasteiger partial charge < -0.3 is 10.6 Å². The van der Waals surface area contributed by atoms with Crippen molar-refractivity contribution in [1.29, 1.82) is 0 Å². The summed E-state index contributed by atoms with van der Waals surface area (Å²) in [6.45, 7) is 7.14. The molecule has 0 unspecified atom stereocenters. The van der Waals surface area contributed by atoms with Crippen LogP contribution in [-0.4, -0.2) is 22.4 Å². The van der Waals surface area contributed by atoms with E-state index in [0.717, 1.165) is 22.6 Å². The molecule has 0 saturated heterocycles. The molecule has 5 heteroatoms. The molecule has 0 aliphatic heterocycles. The number of urea groups is 1. The summed E-state index contributed by atoms with van der Waals surface area (Å²) in [6, 6.07) is 9.52. The van der Waals surface area contributed by atoms with Crippen LogP contribution in [0.3, 0.4) is 0 Å². The van der Waals surface area contributed by atoms with Gasteiger partial charge in [-0.3, -0.25) is 4.68 Å². The minimum Gasteiger partial charge on any atom is -0.336 e. The SMILES string of the molecule is Cc1cc(C)n(CCNC(=O)Nc2ccccc2C)n1. The minimum atomic E-state index is -0.194. The molecule has 0 atom stereocenters. The van der Waals surface area contributed by atoms with Crippen molar-refractivity contribution >= 4 is 11.7 Å². The van der Waals surface area contributed by atoms with Crippen molar-refractivity contribution in [3.63, 3.8) is 0 Å². The first-order valence-electron chi connectivity index (χ1n) is 6.68. The zero-order chi connectivity index (χ0) is 14.5. The first-order chi connectivity index (χ1) is 9.56. The van der Waals surface area contributed by atoms with Gasteiger partial charge in [-0.1, -0.05) is 18.2 Å². The second-order valence-electron chi connectivity index (χ2n) is 4.85. The van der Waals surface area contributed by atoms with E-state index < -0.39 is 0 Å². The van der Waals surface area contributed by atoms with E-state index in [0.29, 0.717) is 13.1 Å². The summed E-state index contributed by atoms with van der Waals surface area (Å²) in [5.41, 5.74) is 3.97. The maximum Gasteiger partial charge on any atom is 0.319 e. The summed E-state index contributed by atoms with van der Waals surface area (Å²) in [5.74, 6) is 0. The number of amides is 2. The van der Waals surface area contributed by atoms with Gasteiger partial charge in [-0.25, -0.2) is 4.79 Å². The first kappa shape index (κ1) is 14.1. The van der Waals surface area contributed by atoms with Crippen LogP contribution in [0.2, 0.25) is 0 Å². The Morgan fingerprint density at radius 3 is 2.65 bits per heavy atom. The number of carbonyl (C=O) groups excluding carboxylic acids is 1. The van der Waals surface area contributed by atoms with E-state index in [9.17, 15) is 4.79 Å². The molecule has 2 rings (SSSR count). The molecule has 2 N–H and O–H groups in total. The summed E-state index contributed by atoms with van der Waals surface area (Å²) in [7, 11) is 0. The fraction of sp³-hybridized carbons (Fsp3) is 0.333. The maximum atomic E-state index is 11.8. The molecule has 2 amide bonds. The van der Waals surface area contributed by atoms with Crippen LogP contribution in [0.15, 0.2) is 30.3 Å². The van der Waals surface area contributed by atoms with E-state index in [2.05, 4.69) is 15.7 Å². The fourth-order valence-corrected chi connectivity index (χ4v) is 2.06. The molecule has 5 nitrogen and oxygen atoms in total. The molecule has 0 radical (unpaired) electrons. The van der Waals surface area contributed by atoms with Crippen molar-refractivity contribution in [2.45, 2.75) is 27.3 Å². The van der Waals surface area contributed by atoms with E-state index in [1.165, 1.54) is 0 Å². The van der Waals surface area contributed by atoms with Crippen molar-refractivity contribution in [3.05, 3.63) is 47.3 Å². The molecule has 0 aliphatic carbocycles. The van der Waals surface area contributed by atoms with Crippen molar-refractivity contribution in [1.82, 2.24) is 15.1 Å². The molecule has 2 aromatic rings. The van der Waals surface area contributed by atoms with Crippen molar-refractivity contribution in [2.75, 3.05) is 11.9 Å². The number of benzene rings is 1. The van der Waals surface area contributed by atoms with Gasteiger partial charge in [0, 0.05) is 17.9 Å². The third-order valence-electron chi connectivity index (χ3n) is 3.11. The standard InChI is InChI=1S/C15H20N4O/c1-11-6-4-5-7-14(11)17-15(20)16-8-9-19-13(3)10-12(2)18-19/h4-7,10H,8-9H2,1-3H3,(H2,16,17,20). The Balaban J connectivity index is 1.81. The lowest BCUT2D eigenvalue weighted by Crippen LogP contribution is -2.32. The average molecular weight is 272 g/mol. The molecule has 0 fully saturated rings. The van der Waals surface area contributed by atoms with Crippen LogP contribution in [0, 0.1) is 20.8 Å². The van der Waals surface area contributed by atoms with Crippen LogP contribution in [0.5, 0.6) is 0 Å². The minimum absolute atomic E-state index is 0.194. The highest BCUT2D eigenvalue weighted by Crippen LogP contribution is 2.12. The van der Waals surface area contributed by atoms with Crippen LogP contribution in [0.25, 0.3) is 0 Å². The number of rotatable bonds is 4. The molecule has 1 heterocycles. The summed E-state index contributed by atoms with van der Waals surface area (Å²) < 4.78 is 1.89. The number of aryl methyl sites for hydroxylation is 3. The molecular weight excluding hydrogens is 252 g/mol. The normalized spacial score (nSPS) is 10.3. The third-order valence-corrected chi connectivity index (χ3v) is 3.11. The van der Waals surface area contributed by atoms with Gasteiger partial charge in [-0.15, -0.1) is 0 Å². The Bertz CT molecular complexity index is 604. The molecule has 0 spiro atoms. The van der Waals surface area contributed by atoms with Crippen LogP contribution >= 0.6 is 0 Å². The van der Waals surface area contributed by atoms with Gasteiger partial charge in [-0.05, 0) is 38.5 Å². The highest BCUT2D eigenvalue weighted by atomic mass is 16.2. The number of nitrogens with zero attached hydrogens (tertiary/aromatic N) is 2. The molecular formula is C15H20N4O. The Labute approximate surface area is 119 Å². The second-order valence-corrected chi connectivity index (χ2v) is 4.85. The number of hydrogen-bond donors (Lipinski definition) is 2. The van der Waals surface area contributed by atoms with E-state index in [1.54, 1.807) is 0 Å². The van der Waals surface area contributed by atoms with Gasteiger partial charge in [0.15, 0.2) is 0 Å². The molecule has 0 saturated carbocycles. The summed E-state index contributed by atoms with van der Waals surface area (Å²) in [6.07, 6.45) is 0. The predicted octanol–water partition coefficient (Wildman–Crippen LogP) is 2.63. The van der Waals surface area contributed by atoms with E-state index in [-0.39, 0.29) is 6.03 Å². The smallest absolute Gasteiger partial charge is 0.319 e. The number of anilines is 1. The van der Waals surface area contributed by atoms with Crippen molar-refractivity contribution < 1.29 is 4.79 Å². The maximum absolute atomic E-state index is 11.8. The fourth-order valence-electron chi connectivity index (χ4n) is 2.06. The second kappa shape index (κ2) is 6.23. The number of hydrogen-bond acceptors (Lipinski definition) is 2. The monoisotopic (exact) mass is 272 g/mol. The highest BCUT2D eigenvalue weighted by Gasteiger charge is 2.04. The van der Waals surface area contributed by atoms with E-state index >= 15 is 0 Å². The third kappa shape index (κ3) is 3.60. The van der Waals surface area contributed by atoms with Gasteiger partial charge >= 0.3 is 6.03 Å². The zero-order valence-corrected chi connectivity index (χ0v) is 12.1. The molecule has 20 heavy (non-hydrogen) atoms. The Kier molecular flexibility index (Phi) is 4.40. The molecule has 0 aliphatic rings. The highest BCUT2D eigenvalue weighted by molar-refractivity contribution is 5.89. The van der Waals surface area contributed by atoms with Crippen molar-refractivity contribution in [2.24, 2.45) is 0 Å². The van der Waals surface area contributed by atoms with Gasteiger partial charge in [0.2, 0.25) is 0 Å². The Morgan fingerprint density at radius 1 is 1.25 bits per heavy atom. The lowest BCUT2D eigenvalue weighted by Gasteiger charge is -2.10. The number of carbonyl (C=O) groups is 1. The van der Waals surface area contributed by atoms with E-state index in [1.807, 2.05) is 55.8 Å². The van der Waals surface area contributed by atoms with Gasteiger partial charge in [0.05, 0.1) is 12.2 Å². The Morgan fingerprint density at radius 2 is 2.00 bits per heavy atom. The van der Waals surface area contributed by atoms with E-state index in [4.69, 9.17) is 0 Å². The quantitative estimate of drug-likeness (QED) is 0.899. The average Bonchev–Trinajstić information content (AvgIpc) is 2.71. The predicted molar refractivity (Wildman–Crippen MR) is 79.9 cm³/mol. The lowest BCUT2D eigenvalue weighted by molar-refractivity contribution is 0.251. The molecule has 1 aromatic carbocycles. The van der Waals surface area contributed by atoms with Gasteiger partial charge in [0.1, 0.15) is 0 Å². The zero-order valence-electron chi connectivity index (χ0n) is 12.1. The van der Waals surface area contributed by atoms with Gasteiger partial charge in [0.25, 0.3) is 0 Å².